The number of nitrogens with one attached hydrogen (secondary N) is 1. The van der Waals surface area contributed by atoms with E-state index >= 15 is 0 Å². The number of benzene rings is 3. The van der Waals surface area contributed by atoms with Crippen molar-refractivity contribution in [3.63, 3.8) is 0 Å². The highest BCUT2D eigenvalue weighted by Gasteiger charge is 2.25. The third-order valence-corrected chi connectivity index (χ3v) is 5.34. The molecule has 0 spiro atoms. The van der Waals surface area contributed by atoms with E-state index in [2.05, 4.69) is 10.3 Å². The fourth-order valence-corrected chi connectivity index (χ4v) is 3.94. The zero-order valence-corrected chi connectivity index (χ0v) is 16.3. The number of carbonyl (C=O) groups excluding carboxylic acids is 2. The van der Waals surface area contributed by atoms with Crippen molar-refractivity contribution in [1.29, 1.82) is 0 Å². The number of anilines is 1. The second kappa shape index (κ2) is 8.67. The Labute approximate surface area is 172 Å². The highest BCUT2D eigenvalue weighted by atomic mass is 32.1. The molecule has 0 aliphatic carbocycles. The molecule has 3 aromatic carbocycles. The van der Waals surface area contributed by atoms with Crippen LogP contribution in [0.4, 0.5) is 5.13 Å². The Kier molecular flexibility index (Phi) is 5.63. The Hall–Kier alpha value is -3.51. The number of nitrogens with zero attached hydrogens (tertiary/aromatic N) is 1. The normalized spacial score (nSPS) is 10.8. The predicted molar refractivity (Wildman–Crippen MR) is 114 cm³/mol. The summed E-state index contributed by atoms with van der Waals surface area (Å²) in [6, 6.07) is 26.4. The smallest absolute Gasteiger partial charge is 0.318 e. The van der Waals surface area contributed by atoms with E-state index in [1.807, 2.05) is 84.9 Å². The minimum absolute atomic E-state index is 0.370. The van der Waals surface area contributed by atoms with E-state index in [1.165, 1.54) is 11.3 Å². The standard InChI is InChI=1S/C23H18N2O3S/c26-20(25-23-24-18-13-7-8-14-19(18)29-23)15-28-22(27)21(16-9-3-1-4-10-16)17-11-5-2-6-12-17/h1-14,21H,15H2,(H,24,25,26). The highest BCUT2D eigenvalue weighted by Crippen LogP contribution is 2.27. The molecule has 1 N–H and O–H groups in total. The summed E-state index contributed by atoms with van der Waals surface area (Å²) in [4.78, 5) is 29.5. The number of carbonyl (C=O) groups is 2. The lowest BCUT2D eigenvalue weighted by atomic mass is 9.91. The molecule has 4 rings (SSSR count). The maximum Gasteiger partial charge on any atom is 0.318 e. The van der Waals surface area contributed by atoms with Gasteiger partial charge in [0.2, 0.25) is 0 Å². The number of fused-ring (bicyclic) bond motifs is 1. The molecular weight excluding hydrogens is 384 g/mol. The lowest BCUT2D eigenvalue weighted by molar-refractivity contribution is -0.147. The van der Waals surface area contributed by atoms with Gasteiger partial charge >= 0.3 is 5.97 Å². The van der Waals surface area contributed by atoms with Crippen molar-refractivity contribution in [1.82, 2.24) is 4.98 Å². The average Bonchev–Trinajstić information content (AvgIpc) is 3.16. The third-order valence-electron chi connectivity index (χ3n) is 4.39. The van der Waals surface area contributed by atoms with Crippen molar-refractivity contribution in [2.45, 2.75) is 5.92 Å². The van der Waals surface area contributed by atoms with Crippen LogP contribution in [-0.4, -0.2) is 23.5 Å². The van der Waals surface area contributed by atoms with E-state index in [0.717, 1.165) is 21.3 Å². The number of hydrogen-bond donors (Lipinski definition) is 1. The van der Waals surface area contributed by atoms with E-state index in [-0.39, 0.29) is 6.61 Å². The van der Waals surface area contributed by atoms with Gasteiger partial charge in [0, 0.05) is 0 Å². The van der Waals surface area contributed by atoms with Crippen LogP contribution < -0.4 is 5.32 Å². The molecule has 0 aliphatic rings. The summed E-state index contributed by atoms with van der Waals surface area (Å²) in [7, 11) is 0. The van der Waals surface area contributed by atoms with Crippen LogP contribution in [-0.2, 0) is 14.3 Å². The van der Waals surface area contributed by atoms with Crippen molar-refractivity contribution in [3.05, 3.63) is 96.1 Å². The molecular formula is C23H18N2O3S. The lowest BCUT2D eigenvalue weighted by Crippen LogP contribution is -2.24. The topological polar surface area (TPSA) is 68.3 Å². The average molecular weight is 402 g/mol. The molecule has 0 unspecified atom stereocenters. The molecule has 0 saturated heterocycles. The molecule has 144 valence electrons. The zero-order valence-electron chi connectivity index (χ0n) is 15.4. The fraction of sp³-hybridized carbons (Fsp3) is 0.0870. The largest absolute Gasteiger partial charge is 0.455 e. The van der Waals surface area contributed by atoms with Crippen LogP contribution in [0.3, 0.4) is 0 Å². The van der Waals surface area contributed by atoms with Crippen molar-refractivity contribution < 1.29 is 14.3 Å². The van der Waals surface area contributed by atoms with Gasteiger partial charge in [0.25, 0.3) is 5.91 Å². The van der Waals surface area contributed by atoms with E-state index in [4.69, 9.17) is 4.74 Å². The maximum absolute atomic E-state index is 12.8. The number of rotatable bonds is 6. The molecule has 1 heterocycles. The van der Waals surface area contributed by atoms with Crippen molar-refractivity contribution >= 4 is 38.6 Å². The second-order valence-corrected chi connectivity index (χ2v) is 7.43. The molecule has 29 heavy (non-hydrogen) atoms. The molecule has 6 heteroatoms. The molecule has 1 amide bonds. The van der Waals surface area contributed by atoms with Gasteiger partial charge in [-0.2, -0.15) is 0 Å². The number of amides is 1. The SMILES string of the molecule is O=C(COC(=O)C(c1ccccc1)c1ccccc1)Nc1nc2ccccc2s1. The van der Waals surface area contributed by atoms with Crippen molar-refractivity contribution in [2.75, 3.05) is 11.9 Å². The van der Waals surface area contributed by atoms with E-state index in [9.17, 15) is 9.59 Å². The monoisotopic (exact) mass is 402 g/mol. The van der Waals surface area contributed by atoms with Crippen LogP contribution in [0.5, 0.6) is 0 Å². The predicted octanol–water partition coefficient (Wildman–Crippen LogP) is 4.61. The fourth-order valence-electron chi connectivity index (χ4n) is 3.06. The Bertz CT molecular complexity index is 1050. The second-order valence-electron chi connectivity index (χ2n) is 6.40. The van der Waals surface area contributed by atoms with Crippen LogP contribution >= 0.6 is 11.3 Å². The minimum Gasteiger partial charge on any atom is -0.455 e. The van der Waals surface area contributed by atoms with Crippen LogP contribution in [0, 0.1) is 0 Å². The number of para-hydroxylation sites is 1. The number of ether oxygens (including phenoxy) is 1. The van der Waals surface area contributed by atoms with Crippen molar-refractivity contribution in [2.24, 2.45) is 0 Å². The van der Waals surface area contributed by atoms with E-state index in [0.29, 0.717) is 5.13 Å². The van der Waals surface area contributed by atoms with Crippen molar-refractivity contribution in [3.8, 4) is 0 Å². The highest BCUT2D eigenvalue weighted by molar-refractivity contribution is 7.22. The number of aromatic nitrogens is 1. The number of hydrogen-bond acceptors (Lipinski definition) is 5. The van der Waals surface area contributed by atoms with E-state index < -0.39 is 17.8 Å². The summed E-state index contributed by atoms with van der Waals surface area (Å²) in [5.41, 5.74) is 2.45. The van der Waals surface area contributed by atoms with Gasteiger partial charge in [-0.25, -0.2) is 4.98 Å². The maximum atomic E-state index is 12.8. The van der Waals surface area contributed by atoms with Gasteiger partial charge in [-0.15, -0.1) is 0 Å². The quantitative estimate of drug-likeness (QED) is 0.478. The Morgan fingerprint density at radius 1 is 0.862 bits per heavy atom. The summed E-state index contributed by atoms with van der Waals surface area (Å²) in [6.07, 6.45) is 0. The first-order valence-electron chi connectivity index (χ1n) is 9.12. The molecule has 1 aromatic heterocycles. The molecule has 0 atom stereocenters. The summed E-state index contributed by atoms with van der Waals surface area (Å²) in [6.45, 7) is -0.370. The first-order chi connectivity index (χ1) is 14.2. The molecule has 5 nitrogen and oxygen atoms in total. The first kappa shape index (κ1) is 18.8. The van der Waals surface area contributed by atoms with Gasteiger partial charge < -0.3 is 4.74 Å². The first-order valence-corrected chi connectivity index (χ1v) is 9.94. The summed E-state index contributed by atoms with van der Waals surface area (Å²) in [5.74, 6) is -1.48. The lowest BCUT2D eigenvalue weighted by Gasteiger charge is -2.16. The Balaban J connectivity index is 1.44. The van der Waals surface area contributed by atoms with E-state index in [1.54, 1.807) is 0 Å². The van der Waals surface area contributed by atoms with Crippen LogP contribution in [0.25, 0.3) is 10.2 Å². The zero-order chi connectivity index (χ0) is 20.1. The van der Waals surface area contributed by atoms with Gasteiger partial charge in [-0.1, -0.05) is 84.1 Å². The minimum atomic E-state index is -0.590. The Morgan fingerprint density at radius 2 is 1.45 bits per heavy atom. The molecule has 0 fully saturated rings. The van der Waals surface area contributed by atoms with Gasteiger partial charge in [0.15, 0.2) is 11.7 Å². The molecule has 0 aliphatic heterocycles. The number of esters is 1. The van der Waals surface area contributed by atoms with Crippen LogP contribution in [0.1, 0.15) is 17.0 Å². The van der Waals surface area contributed by atoms with Gasteiger partial charge in [-0.3, -0.25) is 14.9 Å². The van der Waals surface area contributed by atoms with Crippen LogP contribution in [0.15, 0.2) is 84.9 Å². The molecule has 0 radical (unpaired) electrons. The number of thiazole rings is 1. The van der Waals surface area contributed by atoms with Gasteiger partial charge in [0.05, 0.1) is 10.2 Å². The van der Waals surface area contributed by atoms with Gasteiger partial charge in [0.1, 0.15) is 5.92 Å². The third kappa shape index (κ3) is 4.50. The van der Waals surface area contributed by atoms with Crippen LogP contribution in [0.2, 0.25) is 0 Å². The summed E-state index contributed by atoms with van der Waals surface area (Å²) >= 11 is 1.38. The van der Waals surface area contributed by atoms with Gasteiger partial charge in [-0.05, 0) is 23.3 Å². The summed E-state index contributed by atoms with van der Waals surface area (Å²) < 4.78 is 6.33. The molecule has 4 aromatic rings. The summed E-state index contributed by atoms with van der Waals surface area (Å²) in [5, 5.41) is 3.18. The molecule has 0 bridgehead atoms. The Morgan fingerprint density at radius 3 is 2.07 bits per heavy atom. The molecule has 0 saturated carbocycles.